The molecule has 0 aromatic carbocycles. The number of hydrogen-bond acceptors (Lipinski definition) is 4. The normalized spacial score (nSPS) is 18.1. The zero-order valence-electron chi connectivity index (χ0n) is 8.63. The number of pyridine rings is 1. The summed E-state index contributed by atoms with van der Waals surface area (Å²) in [7, 11) is 0. The molecular formula is C11H16N2O2. The summed E-state index contributed by atoms with van der Waals surface area (Å²) in [6.07, 6.45) is 3.16. The first-order valence-electron chi connectivity index (χ1n) is 5.28. The minimum atomic E-state index is -0.155. The van der Waals surface area contributed by atoms with Gasteiger partial charge in [0.2, 0.25) is 0 Å². The van der Waals surface area contributed by atoms with Gasteiger partial charge < -0.3 is 15.1 Å². The van der Waals surface area contributed by atoms with Crippen molar-refractivity contribution in [2.75, 3.05) is 18.0 Å². The van der Waals surface area contributed by atoms with Crippen molar-refractivity contribution in [3.8, 4) is 0 Å². The van der Waals surface area contributed by atoms with Gasteiger partial charge in [-0.05, 0) is 24.5 Å². The van der Waals surface area contributed by atoms with Gasteiger partial charge in [-0.25, -0.2) is 4.98 Å². The first-order chi connectivity index (χ1) is 7.29. The smallest absolute Gasteiger partial charge is 0.128 e. The predicted molar refractivity (Wildman–Crippen MR) is 57.6 cm³/mol. The van der Waals surface area contributed by atoms with Gasteiger partial charge in [0.1, 0.15) is 5.82 Å². The molecule has 0 unspecified atom stereocenters. The minimum Gasteiger partial charge on any atom is -0.393 e. The van der Waals surface area contributed by atoms with Gasteiger partial charge in [-0.1, -0.05) is 6.07 Å². The number of piperidine rings is 1. The van der Waals surface area contributed by atoms with E-state index in [1.54, 1.807) is 6.20 Å². The van der Waals surface area contributed by atoms with Crippen LogP contribution in [0.3, 0.4) is 0 Å². The van der Waals surface area contributed by atoms with Gasteiger partial charge in [0.15, 0.2) is 0 Å². The van der Waals surface area contributed by atoms with Gasteiger partial charge in [0.05, 0.1) is 12.7 Å². The summed E-state index contributed by atoms with van der Waals surface area (Å²) in [5.41, 5.74) is 0.829. The molecule has 1 aromatic heterocycles. The second-order valence-electron chi connectivity index (χ2n) is 3.90. The molecule has 2 N–H and O–H groups in total. The van der Waals surface area contributed by atoms with Crippen LogP contribution in [0.4, 0.5) is 5.82 Å². The van der Waals surface area contributed by atoms with E-state index in [1.165, 1.54) is 0 Å². The Morgan fingerprint density at radius 1 is 1.33 bits per heavy atom. The summed E-state index contributed by atoms with van der Waals surface area (Å²) < 4.78 is 0. The van der Waals surface area contributed by atoms with Crippen molar-refractivity contribution < 1.29 is 10.2 Å². The average molecular weight is 208 g/mol. The average Bonchev–Trinajstić information content (AvgIpc) is 2.30. The Balaban J connectivity index is 2.03. The van der Waals surface area contributed by atoms with Crippen LogP contribution in [-0.2, 0) is 6.61 Å². The fourth-order valence-corrected chi connectivity index (χ4v) is 1.79. The summed E-state index contributed by atoms with van der Waals surface area (Å²) in [6, 6.07) is 3.80. The van der Waals surface area contributed by atoms with E-state index in [1.807, 2.05) is 12.1 Å². The van der Waals surface area contributed by atoms with Crippen LogP contribution >= 0.6 is 0 Å². The first-order valence-corrected chi connectivity index (χ1v) is 5.28. The molecule has 0 amide bonds. The standard InChI is InChI=1S/C11H16N2O2/c14-8-9-1-2-11(12-7-9)13-5-3-10(15)4-6-13/h1-2,7,10,14-15H,3-6,8H2. The lowest BCUT2D eigenvalue weighted by Gasteiger charge is -2.30. The lowest BCUT2D eigenvalue weighted by atomic mass is 10.1. The highest BCUT2D eigenvalue weighted by Gasteiger charge is 2.17. The van der Waals surface area contributed by atoms with E-state index in [0.29, 0.717) is 0 Å². The number of aromatic nitrogens is 1. The molecule has 1 fully saturated rings. The van der Waals surface area contributed by atoms with Gasteiger partial charge in [0.25, 0.3) is 0 Å². The molecule has 0 saturated carbocycles. The highest BCUT2D eigenvalue weighted by atomic mass is 16.3. The van der Waals surface area contributed by atoms with Crippen LogP contribution in [0.25, 0.3) is 0 Å². The maximum Gasteiger partial charge on any atom is 0.128 e. The molecule has 4 heteroatoms. The van der Waals surface area contributed by atoms with Gasteiger partial charge in [-0.15, -0.1) is 0 Å². The predicted octanol–water partition coefficient (Wildman–Crippen LogP) is 0.535. The first kappa shape index (κ1) is 10.4. The largest absolute Gasteiger partial charge is 0.393 e. The third-order valence-electron chi connectivity index (χ3n) is 2.78. The number of hydrogen-bond donors (Lipinski definition) is 2. The topological polar surface area (TPSA) is 56.6 Å². The Hall–Kier alpha value is -1.13. The molecule has 1 aliphatic heterocycles. The van der Waals surface area contributed by atoms with Crippen molar-refractivity contribution >= 4 is 5.82 Å². The lowest BCUT2D eigenvalue weighted by molar-refractivity contribution is 0.145. The van der Waals surface area contributed by atoms with Crippen molar-refractivity contribution in [3.05, 3.63) is 23.9 Å². The molecule has 2 rings (SSSR count). The van der Waals surface area contributed by atoms with E-state index in [9.17, 15) is 5.11 Å². The van der Waals surface area contributed by atoms with Crippen molar-refractivity contribution in [1.29, 1.82) is 0 Å². The number of anilines is 1. The summed E-state index contributed by atoms with van der Waals surface area (Å²) in [5.74, 6) is 0.930. The van der Waals surface area contributed by atoms with Crippen LogP contribution in [0.15, 0.2) is 18.3 Å². The summed E-state index contributed by atoms with van der Waals surface area (Å²) in [5, 5.41) is 18.3. The van der Waals surface area contributed by atoms with Gasteiger partial charge in [0, 0.05) is 19.3 Å². The van der Waals surface area contributed by atoms with Crippen LogP contribution in [0.1, 0.15) is 18.4 Å². The van der Waals surface area contributed by atoms with Crippen molar-refractivity contribution in [2.24, 2.45) is 0 Å². The van der Waals surface area contributed by atoms with Gasteiger partial charge in [-0.2, -0.15) is 0 Å². The molecule has 1 aromatic rings. The summed E-state index contributed by atoms with van der Waals surface area (Å²) >= 11 is 0. The molecule has 0 radical (unpaired) electrons. The van der Waals surface area contributed by atoms with Crippen molar-refractivity contribution in [1.82, 2.24) is 4.98 Å². The number of aliphatic hydroxyl groups is 2. The summed E-state index contributed by atoms with van der Waals surface area (Å²) in [4.78, 5) is 6.44. The monoisotopic (exact) mass is 208 g/mol. The quantitative estimate of drug-likeness (QED) is 0.744. The Labute approximate surface area is 89.2 Å². The van der Waals surface area contributed by atoms with Crippen LogP contribution in [0, 0.1) is 0 Å². The molecular weight excluding hydrogens is 192 g/mol. The van der Waals surface area contributed by atoms with E-state index in [4.69, 9.17) is 5.11 Å². The van der Waals surface area contributed by atoms with Crippen LogP contribution in [-0.4, -0.2) is 34.4 Å². The second-order valence-corrected chi connectivity index (χ2v) is 3.90. The maximum absolute atomic E-state index is 9.38. The zero-order valence-corrected chi connectivity index (χ0v) is 8.63. The molecule has 4 nitrogen and oxygen atoms in total. The maximum atomic E-state index is 9.38. The van der Waals surface area contributed by atoms with E-state index in [0.717, 1.165) is 37.3 Å². The second kappa shape index (κ2) is 4.59. The van der Waals surface area contributed by atoms with Gasteiger partial charge in [-0.3, -0.25) is 0 Å². The molecule has 0 atom stereocenters. The molecule has 0 spiro atoms. The van der Waals surface area contributed by atoms with E-state index in [2.05, 4.69) is 9.88 Å². The number of rotatable bonds is 2. The van der Waals surface area contributed by atoms with Crippen LogP contribution in [0.5, 0.6) is 0 Å². The molecule has 15 heavy (non-hydrogen) atoms. The van der Waals surface area contributed by atoms with E-state index >= 15 is 0 Å². The Morgan fingerprint density at radius 2 is 2.07 bits per heavy atom. The Kier molecular flexibility index (Phi) is 3.18. The molecule has 2 heterocycles. The highest BCUT2D eigenvalue weighted by molar-refractivity contribution is 5.39. The highest BCUT2D eigenvalue weighted by Crippen LogP contribution is 2.17. The fraction of sp³-hybridized carbons (Fsp3) is 0.545. The molecule has 0 aliphatic carbocycles. The van der Waals surface area contributed by atoms with Crippen molar-refractivity contribution in [3.63, 3.8) is 0 Å². The Bertz CT molecular complexity index is 305. The third kappa shape index (κ3) is 2.46. The van der Waals surface area contributed by atoms with Crippen LogP contribution in [0.2, 0.25) is 0 Å². The minimum absolute atomic E-state index is 0.0337. The molecule has 0 bridgehead atoms. The van der Waals surface area contributed by atoms with E-state index in [-0.39, 0.29) is 12.7 Å². The number of aliphatic hydroxyl groups excluding tert-OH is 2. The van der Waals surface area contributed by atoms with E-state index < -0.39 is 0 Å². The number of nitrogens with zero attached hydrogens (tertiary/aromatic N) is 2. The lowest BCUT2D eigenvalue weighted by Crippen LogP contribution is -2.36. The zero-order chi connectivity index (χ0) is 10.7. The third-order valence-corrected chi connectivity index (χ3v) is 2.78. The molecule has 1 saturated heterocycles. The fourth-order valence-electron chi connectivity index (χ4n) is 1.79. The summed E-state index contributed by atoms with van der Waals surface area (Å²) in [6.45, 7) is 1.74. The molecule has 82 valence electrons. The molecule has 1 aliphatic rings. The van der Waals surface area contributed by atoms with Crippen LogP contribution < -0.4 is 4.90 Å². The van der Waals surface area contributed by atoms with Crippen molar-refractivity contribution in [2.45, 2.75) is 25.6 Å². The SMILES string of the molecule is OCc1ccc(N2CCC(O)CC2)nc1. The van der Waals surface area contributed by atoms with Gasteiger partial charge >= 0.3 is 0 Å². The Morgan fingerprint density at radius 3 is 2.60 bits per heavy atom.